The Kier molecular flexibility index (Phi) is 6.66. The highest BCUT2D eigenvalue weighted by molar-refractivity contribution is 7.89. The summed E-state index contributed by atoms with van der Waals surface area (Å²) in [5, 5.41) is 3.18. The monoisotopic (exact) mass is 438 g/mol. The summed E-state index contributed by atoms with van der Waals surface area (Å²) in [7, 11) is -0.686. The van der Waals surface area contributed by atoms with Crippen LogP contribution in [0.15, 0.2) is 47.4 Å². The van der Waals surface area contributed by atoms with Gasteiger partial charge in [0.15, 0.2) is 0 Å². The van der Waals surface area contributed by atoms with Crippen molar-refractivity contribution in [3.63, 3.8) is 0 Å². The van der Waals surface area contributed by atoms with Gasteiger partial charge in [0.05, 0.1) is 35.7 Å². The van der Waals surface area contributed by atoms with Gasteiger partial charge >= 0.3 is 0 Å². The summed E-state index contributed by atoms with van der Waals surface area (Å²) in [5.41, 5.74) is 0.418. The van der Waals surface area contributed by atoms with Crippen molar-refractivity contribution in [3.05, 3.63) is 47.5 Å². The van der Waals surface area contributed by atoms with E-state index in [1.165, 1.54) is 18.5 Å². The van der Waals surface area contributed by atoms with Gasteiger partial charge in [0.1, 0.15) is 11.5 Å². The summed E-state index contributed by atoms with van der Waals surface area (Å²) in [4.78, 5) is 13.1. The second-order valence-corrected chi connectivity index (χ2v) is 9.04. The predicted molar refractivity (Wildman–Crippen MR) is 111 cm³/mol. The lowest BCUT2D eigenvalue weighted by Gasteiger charge is -2.31. The van der Waals surface area contributed by atoms with Crippen molar-refractivity contribution in [2.45, 2.75) is 17.7 Å². The van der Waals surface area contributed by atoms with Crippen molar-refractivity contribution < 1.29 is 22.7 Å². The maximum Gasteiger partial charge on any atom is 0.243 e. The van der Waals surface area contributed by atoms with Gasteiger partial charge in [-0.15, -0.1) is 0 Å². The Balaban J connectivity index is 1.77. The Labute approximate surface area is 175 Å². The van der Waals surface area contributed by atoms with Crippen LogP contribution in [0.2, 0.25) is 5.02 Å². The normalized spacial score (nSPS) is 17.6. The predicted octanol–water partition coefficient (Wildman–Crippen LogP) is 3.40. The lowest BCUT2D eigenvalue weighted by molar-refractivity contribution is -0.120. The molecule has 0 aromatic heterocycles. The molecule has 29 heavy (non-hydrogen) atoms. The molecule has 0 radical (unpaired) electrons. The van der Waals surface area contributed by atoms with Crippen LogP contribution in [0.5, 0.6) is 11.5 Å². The zero-order valence-electron chi connectivity index (χ0n) is 16.2. The first-order valence-electron chi connectivity index (χ1n) is 9.14. The molecule has 1 fully saturated rings. The van der Waals surface area contributed by atoms with Gasteiger partial charge in [0.25, 0.3) is 0 Å². The van der Waals surface area contributed by atoms with E-state index < -0.39 is 15.9 Å². The molecule has 1 saturated heterocycles. The average Bonchev–Trinajstić information content (AvgIpc) is 2.75. The van der Waals surface area contributed by atoms with Gasteiger partial charge in [-0.1, -0.05) is 29.8 Å². The molecular formula is C20H23ClN2O5S. The molecule has 3 rings (SSSR count). The highest BCUT2D eigenvalue weighted by Crippen LogP contribution is 2.36. The van der Waals surface area contributed by atoms with E-state index in [1.807, 2.05) is 0 Å². The third kappa shape index (κ3) is 4.66. The minimum absolute atomic E-state index is 0.121. The lowest BCUT2D eigenvalue weighted by Crippen LogP contribution is -2.43. The third-order valence-corrected chi connectivity index (χ3v) is 7.04. The summed E-state index contributed by atoms with van der Waals surface area (Å²) in [6.45, 7) is 0.509. The van der Waals surface area contributed by atoms with Crippen molar-refractivity contribution >= 4 is 33.2 Å². The van der Waals surface area contributed by atoms with Crippen LogP contribution in [0.4, 0.5) is 5.69 Å². The summed E-state index contributed by atoms with van der Waals surface area (Å²) < 4.78 is 37.6. The average molecular weight is 439 g/mol. The van der Waals surface area contributed by atoms with Crippen LogP contribution < -0.4 is 14.8 Å². The number of nitrogens with zero attached hydrogens (tertiary/aromatic N) is 1. The number of carbonyl (C=O) groups is 1. The number of piperidine rings is 1. The Morgan fingerprint density at radius 2 is 1.83 bits per heavy atom. The molecule has 156 valence electrons. The second-order valence-electron chi connectivity index (χ2n) is 6.69. The van der Waals surface area contributed by atoms with Crippen LogP contribution in [0, 0.1) is 5.92 Å². The Bertz CT molecular complexity index is 982. The van der Waals surface area contributed by atoms with E-state index in [-0.39, 0.29) is 17.3 Å². The SMILES string of the molecule is COc1cc(NC(=O)C2CCCN(S(=O)(=O)c3ccccc3)C2)c(OC)cc1Cl. The van der Waals surface area contributed by atoms with Crippen molar-refractivity contribution in [2.24, 2.45) is 5.92 Å². The Hall–Kier alpha value is -2.29. The second kappa shape index (κ2) is 9.02. The first-order chi connectivity index (χ1) is 13.9. The topological polar surface area (TPSA) is 84.9 Å². The van der Waals surface area contributed by atoms with Gasteiger partial charge in [0.2, 0.25) is 15.9 Å². The summed E-state index contributed by atoms with van der Waals surface area (Å²) in [6, 6.07) is 11.4. The van der Waals surface area contributed by atoms with Crippen LogP contribution in [0.25, 0.3) is 0 Å². The number of ether oxygens (including phenoxy) is 2. The van der Waals surface area contributed by atoms with Crippen molar-refractivity contribution in [2.75, 3.05) is 32.6 Å². The summed E-state index contributed by atoms with van der Waals surface area (Å²) >= 11 is 6.10. The number of sulfonamides is 1. The van der Waals surface area contributed by atoms with Gasteiger partial charge < -0.3 is 14.8 Å². The fourth-order valence-electron chi connectivity index (χ4n) is 3.31. The molecule has 2 aromatic carbocycles. The van der Waals surface area contributed by atoms with E-state index in [0.29, 0.717) is 41.6 Å². The van der Waals surface area contributed by atoms with Crippen molar-refractivity contribution in [3.8, 4) is 11.5 Å². The van der Waals surface area contributed by atoms with Crippen molar-refractivity contribution in [1.29, 1.82) is 0 Å². The fraction of sp³-hybridized carbons (Fsp3) is 0.350. The molecular weight excluding hydrogens is 416 g/mol. The van der Waals surface area contributed by atoms with Gasteiger partial charge in [-0.3, -0.25) is 4.79 Å². The number of anilines is 1. The number of hydrogen-bond acceptors (Lipinski definition) is 5. The number of nitrogens with one attached hydrogen (secondary N) is 1. The van der Waals surface area contributed by atoms with Crippen LogP contribution in [0.3, 0.4) is 0 Å². The van der Waals surface area contributed by atoms with Crippen LogP contribution in [-0.4, -0.2) is 45.9 Å². The molecule has 1 amide bonds. The quantitative estimate of drug-likeness (QED) is 0.747. The number of halogens is 1. The van der Waals surface area contributed by atoms with Gasteiger partial charge in [-0.25, -0.2) is 8.42 Å². The van der Waals surface area contributed by atoms with Gasteiger partial charge in [-0.2, -0.15) is 4.31 Å². The maximum atomic E-state index is 12.9. The smallest absolute Gasteiger partial charge is 0.243 e. The molecule has 2 aromatic rings. The molecule has 9 heteroatoms. The maximum absolute atomic E-state index is 12.9. The number of rotatable bonds is 6. The van der Waals surface area contributed by atoms with E-state index in [9.17, 15) is 13.2 Å². The van der Waals surface area contributed by atoms with E-state index in [0.717, 1.165) is 0 Å². The van der Waals surface area contributed by atoms with Crippen molar-refractivity contribution in [1.82, 2.24) is 4.31 Å². The molecule has 1 heterocycles. The molecule has 1 unspecified atom stereocenters. The molecule has 1 N–H and O–H groups in total. The van der Waals surface area contributed by atoms with Gasteiger partial charge in [-0.05, 0) is 25.0 Å². The zero-order chi connectivity index (χ0) is 21.0. The Morgan fingerprint density at radius 1 is 1.14 bits per heavy atom. The largest absolute Gasteiger partial charge is 0.495 e. The Morgan fingerprint density at radius 3 is 2.48 bits per heavy atom. The molecule has 1 atom stereocenters. The van der Waals surface area contributed by atoms with E-state index in [1.54, 1.807) is 42.5 Å². The first-order valence-corrected chi connectivity index (χ1v) is 11.0. The number of benzene rings is 2. The summed E-state index contributed by atoms with van der Waals surface area (Å²) in [6.07, 6.45) is 1.20. The summed E-state index contributed by atoms with van der Waals surface area (Å²) in [5.74, 6) is 0.0441. The van der Waals surface area contributed by atoms with Crippen LogP contribution >= 0.6 is 11.6 Å². The van der Waals surface area contributed by atoms with Crippen LogP contribution in [0.1, 0.15) is 12.8 Å². The van der Waals surface area contributed by atoms with E-state index in [4.69, 9.17) is 21.1 Å². The minimum Gasteiger partial charge on any atom is -0.495 e. The molecule has 0 bridgehead atoms. The highest BCUT2D eigenvalue weighted by atomic mass is 35.5. The van der Waals surface area contributed by atoms with Crippen LogP contribution in [-0.2, 0) is 14.8 Å². The number of carbonyl (C=O) groups excluding carboxylic acids is 1. The molecule has 7 nitrogen and oxygen atoms in total. The molecule has 0 spiro atoms. The zero-order valence-corrected chi connectivity index (χ0v) is 17.8. The molecule has 1 aliphatic heterocycles. The number of amides is 1. The van der Waals surface area contributed by atoms with Gasteiger partial charge in [0, 0.05) is 25.2 Å². The van der Waals surface area contributed by atoms with E-state index in [2.05, 4.69) is 5.32 Å². The molecule has 1 aliphatic rings. The molecule has 0 saturated carbocycles. The number of methoxy groups -OCH3 is 2. The lowest BCUT2D eigenvalue weighted by atomic mass is 9.98. The minimum atomic E-state index is -3.64. The standard InChI is InChI=1S/C20H23ClN2O5S/c1-27-18-12-17(19(28-2)11-16(18)21)22-20(24)14-7-6-10-23(13-14)29(25,26)15-8-4-3-5-9-15/h3-5,8-9,11-12,14H,6-7,10,13H2,1-2H3,(H,22,24). The highest BCUT2D eigenvalue weighted by Gasteiger charge is 2.33. The fourth-order valence-corrected chi connectivity index (χ4v) is 5.08. The third-order valence-electron chi connectivity index (χ3n) is 4.87. The molecule has 0 aliphatic carbocycles. The first kappa shape index (κ1) is 21.4. The number of hydrogen-bond donors (Lipinski definition) is 1. The van der Waals surface area contributed by atoms with E-state index >= 15 is 0 Å².